The lowest BCUT2D eigenvalue weighted by atomic mass is 9.76. The average Bonchev–Trinajstić information content (AvgIpc) is 2.15. The van der Waals surface area contributed by atoms with Crippen molar-refractivity contribution < 1.29 is 9.13 Å². The van der Waals surface area contributed by atoms with Crippen LogP contribution in [0.1, 0.15) is 26.3 Å². The quantitative estimate of drug-likeness (QED) is 0.634. The summed E-state index contributed by atoms with van der Waals surface area (Å²) in [5, 5.41) is 0. The van der Waals surface area contributed by atoms with Gasteiger partial charge < -0.3 is 4.74 Å². The third kappa shape index (κ3) is 2.14. The zero-order valence-corrected chi connectivity index (χ0v) is 9.51. The van der Waals surface area contributed by atoms with E-state index in [1.54, 1.807) is 12.1 Å². The van der Waals surface area contributed by atoms with Crippen LogP contribution in [-0.4, -0.2) is 6.61 Å². The summed E-state index contributed by atoms with van der Waals surface area (Å²) in [7, 11) is 0. The number of hydrogen-bond donors (Lipinski definition) is 0. The van der Waals surface area contributed by atoms with E-state index in [1.165, 1.54) is 6.07 Å². The first-order valence-electron chi connectivity index (χ1n) is 5.38. The van der Waals surface area contributed by atoms with Crippen molar-refractivity contribution in [3.8, 4) is 5.75 Å². The highest BCUT2D eigenvalue weighted by molar-refractivity contribution is 5.36. The summed E-state index contributed by atoms with van der Waals surface area (Å²) in [5.74, 6) is 1.13. The molecule has 0 spiro atoms. The Bertz CT molecular complexity index is 365. The largest absolute Gasteiger partial charge is 0.493 e. The minimum atomic E-state index is -0.174. The summed E-state index contributed by atoms with van der Waals surface area (Å²) in [6.45, 7) is 7.34. The highest BCUT2D eigenvalue weighted by atomic mass is 19.1. The lowest BCUT2D eigenvalue weighted by Gasteiger charge is -2.34. The Kier molecular flexibility index (Phi) is 2.45. The maximum atomic E-state index is 13.1. The molecule has 0 saturated carbocycles. The molecule has 0 fully saturated rings. The van der Waals surface area contributed by atoms with Crippen molar-refractivity contribution in [2.45, 2.75) is 27.2 Å². The monoisotopic (exact) mass is 208 g/mol. The van der Waals surface area contributed by atoms with E-state index < -0.39 is 0 Å². The van der Waals surface area contributed by atoms with Crippen LogP contribution in [0.5, 0.6) is 5.75 Å². The number of ether oxygens (including phenoxy) is 1. The molecule has 0 aromatic heterocycles. The van der Waals surface area contributed by atoms with Gasteiger partial charge in [-0.2, -0.15) is 0 Å². The molecule has 82 valence electrons. The van der Waals surface area contributed by atoms with Gasteiger partial charge in [0, 0.05) is 5.92 Å². The lowest BCUT2D eigenvalue weighted by molar-refractivity contribution is 0.127. The van der Waals surface area contributed by atoms with E-state index in [1.807, 2.05) is 0 Å². The second-order valence-corrected chi connectivity index (χ2v) is 5.33. The molecule has 1 aliphatic heterocycles. The highest BCUT2D eigenvalue weighted by Gasteiger charge is 2.29. The van der Waals surface area contributed by atoms with E-state index in [2.05, 4.69) is 20.8 Å². The Morgan fingerprint density at radius 1 is 1.33 bits per heavy atom. The molecule has 1 aliphatic rings. The third-order valence-corrected chi connectivity index (χ3v) is 3.15. The maximum Gasteiger partial charge on any atom is 0.123 e. The molecular formula is C13H17FO. The average molecular weight is 208 g/mol. The van der Waals surface area contributed by atoms with Gasteiger partial charge in [-0.05, 0) is 35.6 Å². The minimum Gasteiger partial charge on any atom is -0.493 e. The molecule has 1 atom stereocenters. The fourth-order valence-electron chi connectivity index (χ4n) is 1.92. The van der Waals surface area contributed by atoms with Gasteiger partial charge in [0.1, 0.15) is 11.6 Å². The lowest BCUT2D eigenvalue weighted by Crippen LogP contribution is -2.31. The smallest absolute Gasteiger partial charge is 0.123 e. The predicted octanol–water partition coefficient (Wildman–Crippen LogP) is 3.42. The van der Waals surface area contributed by atoms with E-state index in [0.29, 0.717) is 5.92 Å². The molecule has 1 heterocycles. The van der Waals surface area contributed by atoms with Crippen LogP contribution in [-0.2, 0) is 6.42 Å². The van der Waals surface area contributed by atoms with E-state index in [4.69, 9.17) is 4.74 Å². The zero-order chi connectivity index (χ0) is 11.1. The van der Waals surface area contributed by atoms with Crippen LogP contribution < -0.4 is 4.74 Å². The first kappa shape index (κ1) is 10.5. The molecule has 1 aromatic carbocycles. The van der Waals surface area contributed by atoms with Crippen LogP contribution in [0.4, 0.5) is 4.39 Å². The molecule has 1 unspecified atom stereocenters. The fraction of sp³-hybridized carbons (Fsp3) is 0.538. The molecule has 0 aliphatic carbocycles. The van der Waals surface area contributed by atoms with Crippen LogP contribution >= 0.6 is 0 Å². The summed E-state index contributed by atoms with van der Waals surface area (Å²) in [6, 6.07) is 4.77. The number of halogens is 1. The fourth-order valence-corrected chi connectivity index (χ4v) is 1.92. The van der Waals surface area contributed by atoms with Gasteiger partial charge in [-0.15, -0.1) is 0 Å². The van der Waals surface area contributed by atoms with Crippen LogP contribution in [0.15, 0.2) is 18.2 Å². The molecule has 1 aromatic rings. The topological polar surface area (TPSA) is 9.23 Å². The van der Waals surface area contributed by atoms with Crippen LogP contribution in [0.25, 0.3) is 0 Å². The van der Waals surface area contributed by atoms with Gasteiger partial charge >= 0.3 is 0 Å². The van der Waals surface area contributed by atoms with E-state index in [-0.39, 0.29) is 11.2 Å². The van der Waals surface area contributed by atoms with Crippen molar-refractivity contribution in [3.63, 3.8) is 0 Å². The molecule has 0 saturated heterocycles. The second kappa shape index (κ2) is 3.51. The van der Waals surface area contributed by atoms with Gasteiger partial charge in [0.05, 0.1) is 6.61 Å². The predicted molar refractivity (Wildman–Crippen MR) is 58.5 cm³/mol. The molecule has 1 nitrogen and oxygen atoms in total. The van der Waals surface area contributed by atoms with Crippen LogP contribution in [0.2, 0.25) is 0 Å². The molecule has 0 amide bonds. The first-order valence-corrected chi connectivity index (χ1v) is 5.38. The SMILES string of the molecule is CC(C)(C)C1COc2ccc(F)cc2C1. The van der Waals surface area contributed by atoms with Crippen molar-refractivity contribution in [2.24, 2.45) is 11.3 Å². The molecule has 0 N–H and O–H groups in total. The Hall–Kier alpha value is -1.05. The van der Waals surface area contributed by atoms with Crippen molar-refractivity contribution in [1.82, 2.24) is 0 Å². The van der Waals surface area contributed by atoms with Crippen LogP contribution in [0.3, 0.4) is 0 Å². The number of benzene rings is 1. The summed E-state index contributed by atoms with van der Waals surface area (Å²) < 4.78 is 18.7. The van der Waals surface area contributed by atoms with Gasteiger partial charge in [0.2, 0.25) is 0 Å². The first-order chi connectivity index (χ1) is 6.97. The minimum absolute atomic E-state index is 0.174. The highest BCUT2D eigenvalue weighted by Crippen LogP contribution is 2.36. The van der Waals surface area contributed by atoms with E-state index >= 15 is 0 Å². The summed E-state index contributed by atoms with van der Waals surface area (Å²) in [5.41, 5.74) is 1.21. The van der Waals surface area contributed by atoms with E-state index in [9.17, 15) is 4.39 Å². The standard InChI is InChI=1S/C13H17FO/c1-13(2,3)10-6-9-7-11(14)4-5-12(9)15-8-10/h4-5,7,10H,6,8H2,1-3H3. The molecule has 0 bridgehead atoms. The summed E-state index contributed by atoms with van der Waals surface area (Å²) in [6.07, 6.45) is 0.913. The van der Waals surface area contributed by atoms with Gasteiger partial charge in [-0.25, -0.2) is 4.39 Å². The van der Waals surface area contributed by atoms with Gasteiger partial charge in [-0.3, -0.25) is 0 Å². The van der Waals surface area contributed by atoms with Gasteiger partial charge in [0.25, 0.3) is 0 Å². The van der Waals surface area contributed by atoms with Gasteiger partial charge in [-0.1, -0.05) is 20.8 Å². The van der Waals surface area contributed by atoms with Crippen molar-refractivity contribution in [1.29, 1.82) is 0 Å². The molecule has 2 rings (SSSR count). The second-order valence-electron chi connectivity index (χ2n) is 5.33. The Balaban J connectivity index is 2.26. The van der Waals surface area contributed by atoms with Crippen molar-refractivity contribution >= 4 is 0 Å². The van der Waals surface area contributed by atoms with Crippen molar-refractivity contribution in [3.05, 3.63) is 29.6 Å². The zero-order valence-electron chi connectivity index (χ0n) is 9.51. The Labute approximate surface area is 90.3 Å². The third-order valence-electron chi connectivity index (χ3n) is 3.15. The summed E-state index contributed by atoms with van der Waals surface area (Å²) >= 11 is 0. The molecule has 15 heavy (non-hydrogen) atoms. The maximum absolute atomic E-state index is 13.1. The van der Waals surface area contributed by atoms with Crippen molar-refractivity contribution in [2.75, 3.05) is 6.61 Å². The van der Waals surface area contributed by atoms with E-state index in [0.717, 1.165) is 24.3 Å². The number of rotatable bonds is 0. The Morgan fingerprint density at radius 3 is 2.73 bits per heavy atom. The normalized spacial score (nSPS) is 20.7. The van der Waals surface area contributed by atoms with Gasteiger partial charge in [0.15, 0.2) is 0 Å². The number of fused-ring (bicyclic) bond motifs is 1. The molecular weight excluding hydrogens is 191 g/mol. The molecule has 0 radical (unpaired) electrons. The summed E-state index contributed by atoms with van der Waals surface area (Å²) in [4.78, 5) is 0. The molecule has 2 heteroatoms. The Morgan fingerprint density at radius 2 is 2.07 bits per heavy atom. The van der Waals surface area contributed by atoms with Crippen LogP contribution in [0, 0.1) is 17.2 Å². The number of hydrogen-bond acceptors (Lipinski definition) is 1.